The molecule has 2 aromatic rings. The average Bonchev–Trinajstić information content (AvgIpc) is 2.86. The Morgan fingerprint density at radius 2 is 1.95 bits per heavy atom. The summed E-state index contributed by atoms with van der Waals surface area (Å²) in [4.78, 5) is 11.4. The SMILES string of the molecule is CC(C(=O)O)c1cc2ccccc2n1C1CCCCC1. The third kappa shape index (κ3) is 2.21. The normalized spacial score (nSPS) is 18.2. The molecule has 0 spiro atoms. The molecule has 1 unspecified atom stereocenters. The fraction of sp³-hybridized carbons (Fsp3) is 0.471. The maximum atomic E-state index is 11.4. The summed E-state index contributed by atoms with van der Waals surface area (Å²) in [7, 11) is 0. The number of benzene rings is 1. The molecule has 0 radical (unpaired) electrons. The largest absolute Gasteiger partial charge is 0.481 e. The van der Waals surface area contributed by atoms with Gasteiger partial charge in [-0.15, -0.1) is 0 Å². The van der Waals surface area contributed by atoms with Gasteiger partial charge in [0.2, 0.25) is 0 Å². The van der Waals surface area contributed by atoms with Crippen LogP contribution < -0.4 is 0 Å². The predicted molar refractivity (Wildman–Crippen MR) is 80.1 cm³/mol. The van der Waals surface area contributed by atoms with E-state index in [4.69, 9.17) is 0 Å². The molecule has 1 aromatic heterocycles. The standard InChI is InChI=1S/C17H21NO2/c1-12(17(19)20)16-11-13-7-5-6-10-15(13)18(16)14-8-3-2-4-9-14/h5-7,10-12,14H,2-4,8-9H2,1H3,(H,19,20). The van der Waals surface area contributed by atoms with Crippen molar-refractivity contribution in [2.45, 2.75) is 51.0 Å². The molecule has 20 heavy (non-hydrogen) atoms. The van der Waals surface area contributed by atoms with Crippen LogP contribution in [0.3, 0.4) is 0 Å². The zero-order valence-electron chi connectivity index (χ0n) is 11.9. The van der Waals surface area contributed by atoms with Gasteiger partial charge in [-0.25, -0.2) is 0 Å². The smallest absolute Gasteiger partial charge is 0.312 e. The minimum Gasteiger partial charge on any atom is -0.481 e. The molecule has 3 heteroatoms. The van der Waals surface area contributed by atoms with Gasteiger partial charge in [0, 0.05) is 17.3 Å². The Bertz CT molecular complexity index is 623. The maximum Gasteiger partial charge on any atom is 0.312 e. The number of aromatic nitrogens is 1. The highest BCUT2D eigenvalue weighted by atomic mass is 16.4. The topological polar surface area (TPSA) is 42.2 Å². The number of carbonyl (C=O) groups is 1. The second kappa shape index (κ2) is 5.31. The highest BCUT2D eigenvalue weighted by molar-refractivity contribution is 5.84. The molecule has 1 fully saturated rings. The lowest BCUT2D eigenvalue weighted by atomic mass is 9.94. The summed E-state index contributed by atoms with van der Waals surface area (Å²) in [5.74, 6) is -1.20. The van der Waals surface area contributed by atoms with Gasteiger partial charge in [-0.1, -0.05) is 37.5 Å². The first-order valence-electron chi connectivity index (χ1n) is 7.51. The summed E-state index contributed by atoms with van der Waals surface area (Å²) in [6.07, 6.45) is 6.13. The zero-order valence-corrected chi connectivity index (χ0v) is 11.9. The minimum atomic E-state index is -0.745. The summed E-state index contributed by atoms with van der Waals surface area (Å²) < 4.78 is 2.30. The molecule has 3 nitrogen and oxygen atoms in total. The summed E-state index contributed by atoms with van der Waals surface area (Å²) in [5.41, 5.74) is 2.13. The van der Waals surface area contributed by atoms with Crippen molar-refractivity contribution >= 4 is 16.9 Å². The van der Waals surface area contributed by atoms with E-state index < -0.39 is 11.9 Å². The van der Waals surface area contributed by atoms with E-state index in [-0.39, 0.29) is 0 Å². The molecule has 0 bridgehead atoms. The molecule has 0 aliphatic heterocycles. The second-order valence-corrected chi connectivity index (χ2v) is 5.85. The number of carboxylic acid groups (broad SMARTS) is 1. The Labute approximate surface area is 119 Å². The van der Waals surface area contributed by atoms with Gasteiger partial charge in [0.1, 0.15) is 0 Å². The third-order valence-electron chi connectivity index (χ3n) is 4.53. The van der Waals surface area contributed by atoms with E-state index in [1.54, 1.807) is 6.92 Å². The Morgan fingerprint density at radius 1 is 1.25 bits per heavy atom. The Morgan fingerprint density at radius 3 is 2.65 bits per heavy atom. The van der Waals surface area contributed by atoms with Crippen LogP contribution in [0.4, 0.5) is 0 Å². The highest BCUT2D eigenvalue weighted by Gasteiger charge is 2.25. The monoisotopic (exact) mass is 271 g/mol. The molecule has 0 saturated heterocycles. The van der Waals surface area contributed by atoms with Gasteiger partial charge in [-0.05, 0) is 37.3 Å². The molecule has 106 valence electrons. The number of rotatable bonds is 3. The fourth-order valence-corrected chi connectivity index (χ4v) is 3.40. The number of hydrogen-bond donors (Lipinski definition) is 1. The Kier molecular flexibility index (Phi) is 3.51. The molecular formula is C17H21NO2. The lowest BCUT2D eigenvalue weighted by Gasteiger charge is -2.27. The van der Waals surface area contributed by atoms with Crippen molar-refractivity contribution in [3.05, 3.63) is 36.0 Å². The van der Waals surface area contributed by atoms with E-state index in [1.807, 2.05) is 12.1 Å². The molecule has 1 N–H and O–H groups in total. The van der Waals surface area contributed by atoms with E-state index >= 15 is 0 Å². The van der Waals surface area contributed by atoms with Gasteiger partial charge in [-0.2, -0.15) is 0 Å². The fourth-order valence-electron chi connectivity index (χ4n) is 3.40. The summed E-state index contributed by atoms with van der Waals surface area (Å²) in [5, 5.41) is 10.5. The first kappa shape index (κ1) is 13.2. The molecule has 1 aliphatic rings. The first-order chi connectivity index (χ1) is 9.68. The number of hydrogen-bond acceptors (Lipinski definition) is 1. The number of carboxylic acids is 1. The second-order valence-electron chi connectivity index (χ2n) is 5.85. The van der Waals surface area contributed by atoms with E-state index in [0.717, 1.165) is 23.9 Å². The van der Waals surface area contributed by atoms with Gasteiger partial charge in [0.05, 0.1) is 5.92 Å². The summed E-state index contributed by atoms with van der Waals surface area (Å²) in [6.45, 7) is 1.79. The van der Waals surface area contributed by atoms with Crippen molar-refractivity contribution in [3.8, 4) is 0 Å². The van der Waals surface area contributed by atoms with Crippen LogP contribution >= 0.6 is 0 Å². The molecule has 1 aromatic carbocycles. The molecule has 1 saturated carbocycles. The number of aliphatic carboxylic acids is 1. The lowest BCUT2D eigenvalue weighted by Crippen LogP contribution is -2.19. The molecule has 1 heterocycles. The number of fused-ring (bicyclic) bond motifs is 1. The van der Waals surface area contributed by atoms with Crippen LogP contribution in [0, 0.1) is 0 Å². The molecule has 1 aliphatic carbocycles. The first-order valence-corrected chi connectivity index (χ1v) is 7.51. The van der Waals surface area contributed by atoms with E-state index in [0.29, 0.717) is 6.04 Å². The van der Waals surface area contributed by atoms with Crippen molar-refractivity contribution in [2.75, 3.05) is 0 Å². The van der Waals surface area contributed by atoms with Crippen LogP contribution in [0.2, 0.25) is 0 Å². The minimum absolute atomic E-state index is 0.454. The van der Waals surface area contributed by atoms with Crippen LogP contribution in [-0.2, 0) is 4.79 Å². The van der Waals surface area contributed by atoms with Crippen molar-refractivity contribution in [1.29, 1.82) is 0 Å². The maximum absolute atomic E-state index is 11.4. The molecular weight excluding hydrogens is 250 g/mol. The molecule has 0 amide bonds. The van der Waals surface area contributed by atoms with E-state index in [1.165, 1.54) is 24.8 Å². The van der Waals surface area contributed by atoms with Crippen molar-refractivity contribution in [3.63, 3.8) is 0 Å². The lowest BCUT2D eigenvalue weighted by molar-refractivity contribution is -0.138. The van der Waals surface area contributed by atoms with E-state index in [2.05, 4.69) is 22.8 Å². The van der Waals surface area contributed by atoms with Crippen molar-refractivity contribution < 1.29 is 9.90 Å². The molecule has 3 rings (SSSR count). The van der Waals surface area contributed by atoms with Crippen molar-refractivity contribution in [1.82, 2.24) is 4.57 Å². The van der Waals surface area contributed by atoms with Crippen LogP contribution in [0.1, 0.15) is 56.7 Å². The number of nitrogens with zero attached hydrogens (tertiary/aromatic N) is 1. The highest BCUT2D eigenvalue weighted by Crippen LogP contribution is 2.36. The summed E-state index contributed by atoms with van der Waals surface area (Å²) >= 11 is 0. The van der Waals surface area contributed by atoms with Crippen LogP contribution in [0.15, 0.2) is 30.3 Å². The average molecular weight is 271 g/mol. The molecule has 1 atom stereocenters. The quantitative estimate of drug-likeness (QED) is 0.902. The predicted octanol–water partition coefficient (Wildman–Crippen LogP) is 4.33. The Hall–Kier alpha value is -1.77. The zero-order chi connectivity index (χ0) is 14.1. The third-order valence-corrected chi connectivity index (χ3v) is 4.53. The van der Waals surface area contributed by atoms with Gasteiger partial charge in [0.25, 0.3) is 0 Å². The van der Waals surface area contributed by atoms with Crippen LogP contribution in [0.25, 0.3) is 10.9 Å². The van der Waals surface area contributed by atoms with Gasteiger partial charge in [0.15, 0.2) is 0 Å². The van der Waals surface area contributed by atoms with Crippen LogP contribution in [-0.4, -0.2) is 15.6 Å². The Balaban J connectivity index is 2.14. The van der Waals surface area contributed by atoms with Gasteiger partial charge >= 0.3 is 5.97 Å². The van der Waals surface area contributed by atoms with Crippen LogP contribution in [0.5, 0.6) is 0 Å². The summed E-state index contributed by atoms with van der Waals surface area (Å²) in [6, 6.07) is 10.8. The van der Waals surface area contributed by atoms with Gasteiger partial charge < -0.3 is 9.67 Å². The van der Waals surface area contributed by atoms with Crippen molar-refractivity contribution in [2.24, 2.45) is 0 Å². The number of para-hydroxylation sites is 1. The van der Waals surface area contributed by atoms with E-state index in [9.17, 15) is 9.90 Å². The van der Waals surface area contributed by atoms with Gasteiger partial charge in [-0.3, -0.25) is 4.79 Å².